The Morgan fingerprint density at radius 3 is 2.57 bits per heavy atom. The first-order chi connectivity index (χ1) is 9.86. The van der Waals surface area contributed by atoms with Crippen LogP contribution in [-0.4, -0.2) is 46.0 Å². The third kappa shape index (κ3) is 5.91. The molecule has 2 N–H and O–H groups in total. The normalized spacial score (nSPS) is 11.9. The van der Waals surface area contributed by atoms with E-state index in [0.29, 0.717) is 24.0 Å². The van der Waals surface area contributed by atoms with Crippen molar-refractivity contribution < 1.29 is 13.2 Å². The lowest BCUT2D eigenvalue weighted by atomic mass is 10.3. The smallest absolute Gasteiger partial charge is 0.301 e. The number of ether oxygens (including phenoxy) is 1. The Labute approximate surface area is 127 Å². The van der Waals surface area contributed by atoms with Gasteiger partial charge in [-0.1, -0.05) is 26.0 Å². The maximum absolute atomic E-state index is 12.2. The van der Waals surface area contributed by atoms with Crippen LogP contribution in [0.25, 0.3) is 0 Å². The van der Waals surface area contributed by atoms with Crippen LogP contribution in [0.3, 0.4) is 0 Å². The molecule has 21 heavy (non-hydrogen) atoms. The van der Waals surface area contributed by atoms with E-state index in [1.54, 1.807) is 31.3 Å². The fourth-order valence-electron chi connectivity index (χ4n) is 1.76. The van der Waals surface area contributed by atoms with Crippen LogP contribution in [0, 0.1) is 0 Å². The Balaban J connectivity index is 2.59. The number of anilines is 1. The zero-order chi connectivity index (χ0) is 15.9. The fourth-order valence-corrected chi connectivity index (χ4v) is 2.73. The summed E-state index contributed by atoms with van der Waals surface area (Å²) in [6.45, 7) is 5.35. The molecule has 0 unspecified atom stereocenters. The van der Waals surface area contributed by atoms with E-state index in [2.05, 4.69) is 23.9 Å². The zero-order valence-corrected chi connectivity index (χ0v) is 13.9. The molecule has 6 nitrogen and oxygen atoms in total. The standard InChI is InChI=1S/C14H25N3O3S/c1-12(2)15-10-7-11-17(3)21(18,19)16-13-8-5-6-9-14(13)20-4/h5-6,8-9,12,15-16H,7,10-11H2,1-4H3. The predicted molar refractivity (Wildman–Crippen MR) is 85.9 cm³/mol. The van der Waals surface area contributed by atoms with Crippen molar-refractivity contribution in [2.45, 2.75) is 26.3 Å². The summed E-state index contributed by atoms with van der Waals surface area (Å²) < 4.78 is 33.5. The molecule has 0 bridgehead atoms. The van der Waals surface area contributed by atoms with E-state index >= 15 is 0 Å². The van der Waals surface area contributed by atoms with Crippen LogP contribution in [0.2, 0.25) is 0 Å². The number of benzene rings is 1. The first-order valence-corrected chi connectivity index (χ1v) is 8.41. The van der Waals surface area contributed by atoms with E-state index in [9.17, 15) is 8.42 Å². The first-order valence-electron chi connectivity index (χ1n) is 6.97. The maximum Gasteiger partial charge on any atom is 0.301 e. The summed E-state index contributed by atoms with van der Waals surface area (Å²) in [7, 11) is -0.500. The summed E-state index contributed by atoms with van der Waals surface area (Å²) >= 11 is 0. The molecule has 0 radical (unpaired) electrons. The number of hydrogen-bond donors (Lipinski definition) is 2. The summed E-state index contributed by atoms with van der Waals surface area (Å²) in [5.41, 5.74) is 0.437. The third-order valence-corrected chi connectivity index (χ3v) is 4.44. The van der Waals surface area contributed by atoms with Gasteiger partial charge in [0.1, 0.15) is 5.75 Å². The highest BCUT2D eigenvalue weighted by atomic mass is 32.2. The highest BCUT2D eigenvalue weighted by molar-refractivity contribution is 7.90. The average molecular weight is 315 g/mol. The van der Waals surface area contributed by atoms with Gasteiger partial charge in [-0.25, -0.2) is 0 Å². The highest BCUT2D eigenvalue weighted by Gasteiger charge is 2.18. The molecule has 1 aromatic rings. The molecule has 0 amide bonds. The van der Waals surface area contributed by atoms with Crippen molar-refractivity contribution in [1.29, 1.82) is 0 Å². The molecule has 0 fully saturated rings. The number of methoxy groups -OCH3 is 1. The van der Waals surface area contributed by atoms with Crippen molar-refractivity contribution in [3.8, 4) is 5.75 Å². The molecule has 120 valence electrons. The molecule has 1 aromatic carbocycles. The van der Waals surface area contributed by atoms with Gasteiger partial charge in [-0.2, -0.15) is 12.7 Å². The molecule has 0 saturated carbocycles. The van der Waals surface area contributed by atoms with Gasteiger partial charge >= 0.3 is 10.2 Å². The molecule has 0 saturated heterocycles. The lowest BCUT2D eigenvalue weighted by molar-refractivity contribution is 0.416. The molecule has 0 heterocycles. The minimum Gasteiger partial charge on any atom is -0.495 e. The summed E-state index contributed by atoms with van der Waals surface area (Å²) in [6, 6.07) is 7.33. The summed E-state index contributed by atoms with van der Waals surface area (Å²) in [6.07, 6.45) is 0.752. The van der Waals surface area contributed by atoms with Crippen LogP contribution < -0.4 is 14.8 Å². The number of para-hydroxylation sites is 2. The Morgan fingerprint density at radius 1 is 1.29 bits per heavy atom. The van der Waals surface area contributed by atoms with Crippen LogP contribution in [0.5, 0.6) is 5.75 Å². The van der Waals surface area contributed by atoms with Gasteiger partial charge in [0.05, 0.1) is 12.8 Å². The number of nitrogens with zero attached hydrogens (tertiary/aromatic N) is 1. The van der Waals surface area contributed by atoms with Gasteiger partial charge in [-0.3, -0.25) is 4.72 Å². The van der Waals surface area contributed by atoms with Crippen molar-refractivity contribution >= 4 is 15.9 Å². The number of hydrogen-bond acceptors (Lipinski definition) is 4. The maximum atomic E-state index is 12.2. The van der Waals surface area contributed by atoms with Crippen LogP contribution in [-0.2, 0) is 10.2 Å². The Kier molecular flexibility index (Phi) is 6.94. The summed E-state index contributed by atoms with van der Waals surface area (Å²) in [5.74, 6) is 0.496. The summed E-state index contributed by atoms with van der Waals surface area (Å²) in [5, 5.41) is 3.26. The monoisotopic (exact) mass is 315 g/mol. The third-order valence-electron chi connectivity index (χ3n) is 2.96. The van der Waals surface area contributed by atoms with Gasteiger partial charge < -0.3 is 10.1 Å². The van der Waals surface area contributed by atoms with E-state index in [-0.39, 0.29) is 0 Å². The van der Waals surface area contributed by atoms with Gasteiger partial charge in [0.2, 0.25) is 0 Å². The van der Waals surface area contributed by atoms with Gasteiger partial charge in [-0.05, 0) is 25.1 Å². The minimum atomic E-state index is -3.57. The number of nitrogens with one attached hydrogen (secondary N) is 2. The molecule has 0 aliphatic carbocycles. The number of rotatable bonds is 9. The lowest BCUT2D eigenvalue weighted by Crippen LogP contribution is -2.35. The van der Waals surface area contributed by atoms with Gasteiger partial charge in [0.25, 0.3) is 0 Å². The van der Waals surface area contributed by atoms with Gasteiger partial charge in [-0.15, -0.1) is 0 Å². The molecule has 0 aromatic heterocycles. The Morgan fingerprint density at radius 2 is 1.95 bits per heavy atom. The predicted octanol–water partition coefficient (Wildman–Crippen LogP) is 1.67. The Hall–Kier alpha value is -1.31. The van der Waals surface area contributed by atoms with E-state index in [4.69, 9.17) is 4.74 Å². The molecular formula is C14H25N3O3S. The molecule has 7 heteroatoms. The largest absolute Gasteiger partial charge is 0.495 e. The van der Waals surface area contributed by atoms with Gasteiger partial charge in [0.15, 0.2) is 0 Å². The van der Waals surface area contributed by atoms with Crippen LogP contribution in [0.15, 0.2) is 24.3 Å². The second-order valence-electron chi connectivity index (χ2n) is 5.09. The van der Waals surface area contributed by atoms with Gasteiger partial charge in [0, 0.05) is 19.6 Å². The fraction of sp³-hybridized carbons (Fsp3) is 0.571. The lowest BCUT2D eigenvalue weighted by Gasteiger charge is -2.19. The van der Waals surface area contributed by atoms with E-state index < -0.39 is 10.2 Å². The van der Waals surface area contributed by atoms with Crippen molar-refractivity contribution in [2.75, 3.05) is 32.0 Å². The molecule has 0 aliphatic heterocycles. The van der Waals surface area contributed by atoms with Crippen LogP contribution in [0.4, 0.5) is 5.69 Å². The van der Waals surface area contributed by atoms with Crippen molar-refractivity contribution in [1.82, 2.24) is 9.62 Å². The molecule has 1 rings (SSSR count). The minimum absolute atomic E-state index is 0.401. The van der Waals surface area contributed by atoms with Crippen LogP contribution >= 0.6 is 0 Å². The highest BCUT2D eigenvalue weighted by Crippen LogP contribution is 2.24. The average Bonchev–Trinajstić information content (AvgIpc) is 2.43. The first kappa shape index (κ1) is 17.7. The van der Waals surface area contributed by atoms with E-state index in [1.807, 2.05) is 0 Å². The van der Waals surface area contributed by atoms with Crippen molar-refractivity contribution in [3.05, 3.63) is 24.3 Å². The molecule has 0 spiro atoms. The quantitative estimate of drug-likeness (QED) is 0.680. The second-order valence-corrected chi connectivity index (χ2v) is 6.87. The molecule has 0 aliphatic rings. The van der Waals surface area contributed by atoms with Crippen molar-refractivity contribution in [2.24, 2.45) is 0 Å². The van der Waals surface area contributed by atoms with Crippen molar-refractivity contribution in [3.63, 3.8) is 0 Å². The van der Waals surface area contributed by atoms with Crippen LogP contribution in [0.1, 0.15) is 20.3 Å². The summed E-state index contributed by atoms with van der Waals surface area (Å²) in [4.78, 5) is 0. The Bertz CT molecular complexity index is 532. The zero-order valence-electron chi connectivity index (χ0n) is 13.1. The topological polar surface area (TPSA) is 70.7 Å². The molecular weight excluding hydrogens is 290 g/mol. The second kappa shape index (κ2) is 8.21. The SMILES string of the molecule is COc1ccccc1NS(=O)(=O)N(C)CCCNC(C)C. The molecule has 0 atom stereocenters. The van der Waals surface area contributed by atoms with E-state index in [1.165, 1.54) is 11.4 Å². The van der Waals surface area contributed by atoms with E-state index in [0.717, 1.165) is 13.0 Å².